The van der Waals surface area contributed by atoms with Crippen molar-refractivity contribution in [2.24, 2.45) is 5.92 Å². The molecule has 0 saturated carbocycles. The van der Waals surface area contributed by atoms with Gasteiger partial charge in [-0.1, -0.05) is 48.5 Å². The summed E-state index contributed by atoms with van der Waals surface area (Å²) < 4.78 is 7.26. The van der Waals surface area contributed by atoms with Crippen molar-refractivity contribution in [1.82, 2.24) is 0 Å². The van der Waals surface area contributed by atoms with Crippen LogP contribution in [-0.2, 0) is 11.3 Å². The number of carbonyl (C=O) groups is 1. The number of para-hydroxylation sites is 1. The average molecular weight is 380 g/mol. The van der Waals surface area contributed by atoms with Gasteiger partial charge in [-0.25, -0.2) is 4.79 Å². The zero-order valence-electron chi connectivity index (χ0n) is 17.0. The fourth-order valence-corrected chi connectivity index (χ4v) is 4.85. The van der Waals surface area contributed by atoms with E-state index in [1.54, 1.807) is 4.90 Å². The highest BCUT2D eigenvalue weighted by atomic mass is 16.6. The first-order valence-electron chi connectivity index (χ1n) is 10.5. The minimum absolute atomic E-state index is 0.0272. The van der Waals surface area contributed by atoms with E-state index >= 15 is 0 Å². The van der Waals surface area contributed by atoms with Crippen molar-refractivity contribution in [2.45, 2.75) is 45.4 Å². The van der Waals surface area contributed by atoms with Crippen LogP contribution in [0.2, 0.25) is 0 Å². The lowest BCUT2D eigenvalue weighted by Crippen LogP contribution is -2.67. The molecule has 5 rings (SSSR count). The van der Waals surface area contributed by atoms with Crippen LogP contribution in [0.15, 0.2) is 60.7 Å². The molecule has 0 unspecified atom stereocenters. The van der Waals surface area contributed by atoms with Gasteiger partial charge in [0, 0.05) is 24.4 Å². The van der Waals surface area contributed by atoms with E-state index < -0.39 is 0 Å². The predicted molar refractivity (Wildman–Crippen MR) is 112 cm³/mol. The molecule has 3 heterocycles. The van der Waals surface area contributed by atoms with Crippen LogP contribution in [0.3, 0.4) is 0 Å². The summed E-state index contributed by atoms with van der Waals surface area (Å²) in [5.74, 6) is 0.511. The van der Waals surface area contributed by atoms with Gasteiger partial charge in [-0.2, -0.15) is 0 Å². The van der Waals surface area contributed by atoms with Crippen LogP contribution in [0.5, 0.6) is 0 Å². The Kier molecular flexibility index (Phi) is 5.40. The van der Waals surface area contributed by atoms with Crippen molar-refractivity contribution in [1.29, 1.82) is 0 Å². The molecule has 4 heteroatoms. The molecule has 4 nitrogen and oxygen atoms in total. The van der Waals surface area contributed by atoms with E-state index in [9.17, 15) is 4.79 Å². The fourth-order valence-electron chi connectivity index (χ4n) is 4.85. The smallest absolute Gasteiger partial charge is 0.415 e. The van der Waals surface area contributed by atoms with Crippen LogP contribution >= 0.6 is 0 Å². The maximum Gasteiger partial charge on any atom is 0.415 e. The molecule has 1 atom stereocenters. The van der Waals surface area contributed by atoms with E-state index in [-0.39, 0.29) is 12.2 Å². The standard InChI is InChI=1S/C24H31N2O2/c1-19(2)26-15-13-21(14-16-26)23(18-26)28-24(27)25(22-11-7-4-8-12-22)17-20-9-5-3-6-10-20/h3-12,19,21,23H,13-18H2,1-2H3/q+1/t21?,23-,26?/m0/s1. The van der Waals surface area contributed by atoms with E-state index in [1.165, 1.54) is 25.9 Å². The zero-order chi connectivity index (χ0) is 19.6. The lowest BCUT2D eigenvalue weighted by atomic mass is 9.82. The van der Waals surface area contributed by atoms with Crippen molar-refractivity contribution in [3.8, 4) is 0 Å². The molecule has 3 fully saturated rings. The molecule has 0 aromatic heterocycles. The van der Waals surface area contributed by atoms with Gasteiger partial charge in [0.1, 0.15) is 6.54 Å². The second-order valence-electron chi connectivity index (χ2n) is 8.61. The molecule has 0 N–H and O–H groups in total. The summed E-state index contributed by atoms with van der Waals surface area (Å²) >= 11 is 0. The highest BCUT2D eigenvalue weighted by Gasteiger charge is 2.49. The summed E-state index contributed by atoms with van der Waals surface area (Å²) in [5.41, 5.74) is 1.98. The first-order chi connectivity index (χ1) is 13.6. The number of amides is 1. The molecule has 3 aliphatic rings. The van der Waals surface area contributed by atoms with Crippen LogP contribution in [0.4, 0.5) is 10.5 Å². The molecule has 3 aliphatic heterocycles. The van der Waals surface area contributed by atoms with Gasteiger partial charge in [0.25, 0.3) is 0 Å². The van der Waals surface area contributed by atoms with Gasteiger partial charge >= 0.3 is 6.09 Å². The number of anilines is 1. The normalized spacial score (nSPS) is 26.2. The molecular weight excluding hydrogens is 348 g/mol. The summed E-state index contributed by atoms with van der Waals surface area (Å²) in [6, 6.07) is 20.6. The van der Waals surface area contributed by atoms with Crippen LogP contribution in [-0.4, -0.2) is 42.4 Å². The predicted octanol–water partition coefficient (Wildman–Crippen LogP) is 4.85. The van der Waals surface area contributed by atoms with Gasteiger partial charge in [0.2, 0.25) is 0 Å². The molecular formula is C24H31N2O2+. The van der Waals surface area contributed by atoms with Crippen LogP contribution in [0.1, 0.15) is 32.3 Å². The Morgan fingerprint density at radius 3 is 2.25 bits per heavy atom. The van der Waals surface area contributed by atoms with E-state index in [0.717, 1.165) is 22.3 Å². The second kappa shape index (κ2) is 7.96. The van der Waals surface area contributed by atoms with Gasteiger partial charge in [-0.05, 0) is 31.5 Å². The topological polar surface area (TPSA) is 29.5 Å². The molecule has 0 spiro atoms. The van der Waals surface area contributed by atoms with E-state index in [0.29, 0.717) is 18.5 Å². The molecule has 3 saturated heterocycles. The highest BCUT2D eigenvalue weighted by molar-refractivity contribution is 5.87. The van der Waals surface area contributed by atoms with Crippen LogP contribution in [0.25, 0.3) is 0 Å². The van der Waals surface area contributed by atoms with Crippen molar-refractivity contribution in [3.63, 3.8) is 0 Å². The number of hydrogen-bond donors (Lipinski definition) is 0. The Bertz CT molecular complexity index is 783. The summed E-state index contributed by atoms with van der Waals surface area (Å²) in [6.07, 6.45) is 2.13. The maximum absolute atomic E-state index is 13.3. The number of ether oxygens (including phenoxy) is 1. The summed E-state index contributed by atoms with van der Waals surface area (Å²) in [4.78, 5) is 15.0. The minimum atomic E-state index is -0.226. The number of fused-ring (bicyclic) bond motifs is 3. The van der Waals surface area contributed by atoms with E-state index in [2.05, 4.69) is 26.0 Å². The first kappa shape index (κ1) is 19.0. The number of benzene rings is 2. The molecule has 2 bridgehead atoms. The monoisotopic (exact) mass is 379 g/mol. The SMILES string of the molecule is CC(C)[N+]12CCC(CC1)[C@@H](OC(=O)N(Cc1ccccc1)c1ccccc1)C2. The quantitative estimate of drug-likeness (QED) is 0.695. The van der Waals surface area contributed by atoms with Crippen molar-refractivity contribution in [3.05, 3.63) is 66.2 Å². The van der Waals surface area contributed by atoms with E-state index in [4.69, 9.17) is 4.74 Å². The van der Waals surface area contributed by atoms with Crippen molar-refractivity contribution >= 4 is 11.8 Å². The third-order valence-corrected chi connectivity index (χ3v) is 6.78. The number of quaternary nitrogens is 1. The molecule has 28 heavy (non-hydrogen) atoms. The second-order valence-corrected chi connectivity index (χ2v) is 8.61. The maximum atomic E-state index is 13.3. The Morgan fingerprint density at radius 2 is 1.64 bits per heavy atom. The molecule has 148 valence electrons. The van der Waals surface area contributed by atoms with Gasteiger partial charge < -0.3 is 9.22 Å². The minimum Gasteiger partial charge on any atom is -0.440 e. The Morgan fingerprint density at radius 1 is 1.04 bits per heavy atom. The fraction of sp³-hybridized carbons (Fsp3) is 0.458. The summed E-state index contributed by atoms with van der Waals surface area (Å²) in [7, 11) is 0. The Labute approximate surface area is 168 Å². The highest BCUT2D eigenvalue weighted by Crippen LogP contribution is 2.37. The van der Waals surface area contributed by atoms with Gasteiger partial charge in [0.15, 0.2) is 6.10 Å². The Hall–Kier alpha value is -2.33. The number of nitrogens with zero attached hydrogens (tertiary/aromatic N) is 2. The lowest BCUT2D eigenvalue weighted by molar-refractivity contribution is -0.964. The molecule has 2 aromatic carbocycles. The van der Waals surface area contributed by atoms with Gasteiger partial charge in [0.05, 0.1) is 25.7 Å². The third-order valence-electron chi connectivity index (χ3n) is 6.78. The first-order valence-corrected chi connectivity index (χ1v) is 10.5. The van der Waals surface area contributed by atoms with Crippen molar-refractivity contribution < 1.29 is 14.0 Å². The van der Waals surface area contributed by atoms with Gasteiger partial charge in [-0.3, -0.25) is 4.90 Å². The molecule has 1 amide bonds. The van der Waals surface area contributed by atoms with Gasteiger partial charge in [-0.15, -0.1) is 0 Å². The number of carbonyl (C=O) groups excluding carboxylic acids is 1. The average Bonchev–Trinajstić information content (AvgIpc) is 2.74. The van der Waals surface area contributed by atoms with Crippen molar-refractivity contribution in [2.75, 3.05) is 24.5 Å². The summed E-state index contributed by atoms with van der Waals surface area (Å²) in [6.45, 7) is 8.53. The van der Waals surface area contributed by atoms with Crippen LogP contribution < -0.4 is 4.90 Å². The largest absolute Gasteiger partial charge is 0.440 e. The molecule has 0 radical (unpaired) electrons. The molecule has 2 aromatic rings. The van der Waals surface area contributed by atoms with E-state index in [1.807, 2.05) is 48.5 Å². The number of piperidine rings is 3. The lowest BCUT2D eigenvalue weighted by Gasteiger charge is -2.54. The Balaban J connectivity index is 1.53. The third kappa shape index (κ3) is 3.79. The zero-order valence-corrected chi connectivity index (χ0v) is 17.0. The molecule has 0 aliphatic carbocycles. The number of hydrogen-bond acceptors (Lipinski definition) is 2. The van der Waals surface area contributed by atoms with Crippen LogP contribution in [0, 0.1) is 5.92 Å². The number of rotatable bonds is 5. The summed E-state index contributed by atoms with van der Waals surface area (Å²) in [5, 5.41) is 0.